The predicted molar refractivity (Wildman–Crippen MR) is 136 cm³/mol. The van der Waals surface area contributed by atoms with E-state index in [1.54, 1.807) is 11.8 Å². The summed E-state index contributed by atoms with van der Waals surface area (Å²) in [5.41, 5.74) is -0.268. The van der Waals surface area contributed by atoms with Crippen LogP contribution in [0.4, 0.5) is 0 Å². The van der Waals surface area contributed by atoms with Crippen LogP contribution in [0.2, 0.25) is 0 Å². The summed E-state index contributed by atoms with van der Waals surface area (Å²) in [4.78, 5) is 6.88. The monoisotopic (exact) mass is 524 g/mol. The summed E-state index contributed by atoms with van der Waals surface area (Å²) >= 11 is 1.55. The molecule has 1 saturated heterocycles. The lowest BCUT2D eigenvalue weighted by Crippen LogP contribution is -2.61. The number of hydrogen-bond acceptors (Lipinski definition) is 10. The predicted octanol–water partition coefficient (Wildman–Crippen LogP) is 3.28. The summed E-state index contributed by atoms with van der Waals surface area (Å²) in [7, 11) is 0.278. The fourth-order valence-corrected chi connectivity index (χ4v) is 5.30. The van der Waals surface area contributed by atoms with Crippen molar-refractivity contribution in [2.75, 3.05) is 46.8 Å². The highest BCUT2D eigenvalue weighted by Crippen LogP contribution is 2.40. The van der Waals surface area contributed by atoms with E-state index < -0.39 is 28.4 Å². The molecule has 2 heterocycles. The van der Waals surface area contributed by atoms with Crippen LogP contribution in [0.25, 0.3) is 0 Å². The number of fused-ring (bicyclic) bond motifs is 1. The van der Waals surface area contributed by atoms with Gasteiger partial charge in [-0.25, -0.2) is 0 Å². The maximum Gasteiger partial charge on any atom is 0.264 e. The Labute approximate surface area is 210 Å². The van der Waals surface area contributed by atoms with Crippen LogP contribution in [0.5, 0.6) is 0 Å². The molecule has 9 nitrogen and oxygen atoms in total. The van der Waals surface area contributed by atoms with Crippen molar-refractivity contribution in [3.05, 3.63) is 0 Å². The van der Waals surface area contributed by atoms with Crippen LogP contribution in [0, 0.1) is 0 Å². The van der Waals surface area contributed by atoms with Gasteiger partial charge in [-0.05, 0) is 19.3 Å². The lowest BCUT2D eigenvalue weighted by atomic mass is 9.94. The molecule has 0 aromatic carbocycles. The van der Waals surface area contributed by atoms with E-state index >= 15 is 0 Å². The van der Waals surface area contributed by atoms with Crippen molar-refractivity contribution in [2.24, 2.45) is 4.99 Å². The van der Waals surface area contributed by atoms with Crippen LogP contribution in [-0.2, 0) is 33.2 Å². The minimum absolute atomic E-state index is 0.133. The fraction of sp³-hybridized carbons (Fsp3) is 0.957. The van der Waals surface area contributed by atoms with Gasteiger partial charge >= 0.3 is 0 Å². The van der Waals surface area contributed by atoms with Crippen molar-refractivity contribution in [1.29, 1.82) is 0 Å². The van der Waals surface area contributed by atoms with E-state index in [1.165, 1.54) is 0 Å². The molecule has 1 unspecified atom stereocenters. The zero-order chi connectivity index (χ0) is 25.1. The second-order valence-corrected chi connectivity index (χ2v) is 11.7. The Balaban J connectivity index is 2.35. The van der Waals surface area contributed by atoms with Crippen LogP contribution in [-0.4, -0.2) is 101 Å². The minimum atomic E-state index is -3.64. The summed E-state index contributed by atoms with van der Waals surface area (Å²) in [5, 5.41) is 0.878. The molecule has 0 amide bonds. The summed E-state index contributed by atoms with van der Waals surface area (Å²) in [6.45, 7) is 7.82. The normalized spacial score (nSPS) is 27.9. The number of nitrogens with zero attached hydrogens (tertiary/aromatic N) is 2. The van der Waals surface area contributed by atoms with Gasteiger partial charge in [0.05, 0.1) is 12.9 Å². The zero-order valence-electron chi connectivity index (χ0n) is 21.6. The van der Waals surface area contributed by atoms with Crippen LogP contribution < -0.4 is 0 Å². The highest BCUT2D eigenvalue weighted by atomic mass is 32.2. The number of hydrogen-bond donors (Lipinski definition) is 0. The molecule has 11 heteroatoms. The van der Waals surface area contributed by atoms with Gasteiger partial charge in [0, 0.05) is 33.9 Å². The Kier molecular flexibility index (Phi) is 13.1. The average molecular weight is 525 g/mol. The zero-order valence-corrected chi connectivity index (χ0v) is 23.2. The second-order valence-electron chi connectivity index (χ2n) is 9.01. The molecule has 1 fully saturated rings. The van der Waals surface area contributed by atoms with Gasteiger partial charge in [0.2, 0.25) is 0 Å². The van der Waals surface area contributed by atoms with Gasteiger partial charge in [0.15, 0.2) is 5.17 Å². The van der Waals surface area contributed by atoms with Crippen molar-refractivity contribution in [1.82, 2.24) is 4.90 Å². The largest absolute Gasteiger partial charge is 0.373 e. The van der Waals surface area contributed by atoms with E-state index in [0.29, 0.717) is 19.8 Å². The van der Waals surface area contributed by atoms with E-state index in [2.05, 4.69) is 20.8 Å². The molecule has 2 aliphatic rings. The molecular formula is C23H44N2O7S2. The number of amidine groups is 1. The van der Waals surface area contributed by atoms with Gasteiger partial charge in [0.1, 0.15) is 35.9 Å². The minimum Gasteiger partial charge on any atom is -0.373 e. The first kappa shape index (κ1) is 29.8. The molecule has 6 atom stereocenters. The number of thioether (sulfide) groups is 1. The number of ether oxygens (including phenoxy) is 4. The lowest BCUT2D eigenvalue weighted by molar-refractivity contribution is -0.225. The van der Waals surface area contributed by atoms with Gasteiger partial charge in [-0.3, -0.25) is 9.18 Å². The van der Waals surface area contributed by atoms with Crippen molar-refractivity contribution in [3.63, 3.8) is 0 Å². The van der Waals surface area contributed by atoms with E-state index in [-0.39, 0.29) is 24.2 Å². The molecule has 0 aliphatic carbocycles. The van der Waals surface area contributed by atoms with Gasteiger partial charge in [0.25, 0.3) is 10.1 Å². The van der Waals surface area contributed by atoms with Crippen molar-refractivity contribution in [2.45, 2.75) is 95.2 Å². The van der Waals surface area contributed by atoms with Gasteiger partial charge < -0.3 is 23.8 Å². The summed E-state index contributed by atoms with van der Waals surface area (Å²) in [6, 6.07) is -0.214. The van der Waals surface area contributed by atoms with Crippen molar-refractivity contribution in [3.8, 4) is 0 Å². The van der Waals surface area contributed by atoms with Crippen molar-refractivity contribution < 1.29 is 31.5 Å². The van der Waals surface area contributed by atoms with Crippen molar-refractivity contribution >= 4 is 27.0 Å². The lowest BCUT2D eigenvalue weighted by Gasteiger charge is -2.45. The van der Waals surface area contributed by atoms with Gasteiger partial charge in [-0.1, -0.05) is 51.8 Å². The first-order valence-electron chi connectivity index (χ1n) is 12.5. The first-order valence-corrected chi connectivity index (χ1v) is 15.2. The third-order valence-corrected chi connectivity index (χ3v) is 7.54. The maximum absolute atomic E-state index is 11.8. The van der Waals surface area contributed by atoms with Crippen LogP contribution in [0.3, 0.4) is 0 Å². The van der Waals surface area contributed by atoms with Crippen LogP contribution in [0.15, 0.2) is 4.99 Å². The third-order valence-electron chi connectivity index (χ3n) is 5.68. The number of unbranched alkanes of at least 4 members (excludes halogenated alkanes) is 3. The quantitative estimate of drug-likeness (QED) is 0.223. The molecule has 0 aromatic rings. The van der Waals surface area contributed by atoms with E-state index in [9.17, 15) is 8.42 Å². The highest BCUT2D eigenvalue weighted by Gasteiger charge is 2.53. The van der Waals surface area contributed by atoms with E-state index in [1.807, 2.05) is 19.0 Å². The SMILES string of the molecule is CCCCOC(COS(C)(=O)=O)[C@H]1O[C@@H]2SC(N(C)C)=N[C@@H]2[C@@H](OCCCC)[C@@H]1OCCCC. The topological polar surface area (TPSA) is 95.9 Å². The molecule has 2 aliphatic heterocycles. The number of aliphatic imine (C=N–C) groups is 1. The Hall–Kier alpha value is -0.430. The van der Waals surface area contributed by atoms with Gasteiger partial charge in [-0.2, -0.15) is 8.42 Å². The van der Waals surface area contributed by atoms with E-state index in [0.717, 1.165) is 49.9 Å². The number of rotatable bonds is 16. The molecular weight excluding hydrogens is 480 g/mol. The van der Waals surface area contributed by atoms with Crippen LogP contribution >= 0.6 is 11.8 Å². The Bertz CT molecular complexity index is 720. The van der Waals surface area contributed by atoms with Crippen LogP contribution in [0.1, 0.15) is 59.3 Å². The summed E-state index contributed by atoms with van der Waals surface area (Å²) in [5.74, 6) is 0. The standard InChI is InChI=1S/C23H44N2O7S2/c1-7-10-13-28-17(16-31-34(6,26)27)19-21(30-15-12-9-3)20(29-14-11-8-2)18-22(32-19)33-23(24-18)25(4)5/h17-22H,7-16H2,1-6H3/t17?,18-,19-,20-,21-,22-/m1/s1. The molecule has 0 N–H and O–H groups in total. The second kappa shape index (κ2) is 15.0. The third kappa shape index (κ3) is 9.22. The van der Waals surface area contributed by atoms with Gasteiger partial charge in [-0.15, -0.1) is 0 Å². The van der Waals surface area contributed by atoms with E-state index in [4.69, 9.17) is 28.1 Å². The molecule has 0 spiro atoms. The smallest absolute Gasteiger partial charge is 0.264 e. The Morgan fingerprint density at radius 2 is 1.59 bits per heavy atom. The molecule has 0 radical (unpaired) electrons. The fourth-order valence-electron chi connectivity index (χ4n) is 3.78. The molecule has 200 valence electrons. The average Bonchev–Trinajstić information content (AvgIpc) is 3.21. The summed E-state index contributed by atoms with van der Waals surface area (Å²) in [6.07, 6.45) is 4.78. The first-order chi connectivity index (χ1) is 16.2. The Morgan fingerprint density at radius 3 is 2.15 bits per heavy atom. The highest BCUT2D eigenvalue weighted by molar-refractivity contribution is 8.14. The Morgan fingerprint density at radius 1 is 1.00 bits per heavy atom. The molecule has 0 bridgehead atoms. The molecule has 2 rings (SSSR count). The molecule has 34 heavy (non-hydrogen) atoms. The summed E-state index contributed by atoms with van der Waals surface area (Å²) < 4.78 is 54.2. The molecule has 0 saturated carbocycles. The molecule has 0 aromatic heterocycles. The maximum atomic E-state index is 11.8.